The van der Waals surface area contributed by atoms with Gasteiger partial charge in [-0.1, -0.05) is 38.0 Å². The third-order valence-electron chi connectivity index (χ3n) is 6.37. The molecule has 4 rings (SSSR count). The van der Waals surface area contributed by atoms with Crippen LogP contribution in [0, 0.1) is 11.8 Å². The quantitative estimate of drug-likeness (QED) is 0.388. The SMILES string of the molecule is CCCCCN1CC=C[C@]23O[C@@H]4C=CCOC(=O)[C@@H]4[C@H]2C(=O)N(CCO)C3C1=O. The summed E-state index contributed by atoms with van der Waals surface area (Å²) in [6, 6.07) is -0.888. The largest absolute Gasteiger partial charge is 0.461 e. The van der Waals surface area contributed by atoms with Gasteiger partial charge in [0, 0.05) is 19.6 Å². The maximum absolute atomic E-state index is 13.5. The molecule has 5 atom stereocenters. The first-order valence-electron chi connectivity index (χ1n) is 10.4. The molecule has 0 aromatic carbocycles. The van der Waals surface area contributed by atoms with Crippen LogP contribution in [0.15, 0.2) is 24.3 Å². The number of aliphatic hydroxyl groups excluding tert-OH is 1. The molecule has 8 heteroatoms. The Morgan fingerprint density at radius 2 is 2.00 bits per heavy atom. The number of rotatable bonds is 6. The first-order chi connectivity index (χ1) is 14.0. The van der Waals surface area contributed by atoms with Crippen molar-refractivity contribution >= 4 is 17.8 Å². The lowest BCUT2D eigenvalue weighted by molar-refractivity contribution is -0.153. The van der Waals surface area contributed by atoms with Crippen LogP contribution in [-0.4, -0.2) is 83.3 Å². The number of fused-ring (bicyclic) bond motifs is 2. The van der Waals surface area contributed by atoms with Gasteiger partial charge in [0.25, 0.3) is 0 Å². The third-order valence-corrected chi connectivity index (χ3v) is 6.37. The van der Waals surface area contributed by atoms with Crippen molar-refractivity contribution in [3.63, 3.8) is 0 Å². The maximum atomic E-state index is 13.5. The predicted octanol–water partition coefficient (Wildman–Crippen LogP) is 0.261. The van der Waals surface area contributed by atoms with Gasteiger partial charge in [-0.05, 0) is 12.5 Å². The van der Waals surface area contributed by atoms with Crippen LogP contribution in [-0.2, 0) is 23.9 Å². The molecule has 158 valence electrons. The summed E-state index contributed by atoms with van der Waals surface area (Å²) in [5, 5.41) is 9.54. The molecule has 2 saturated heterocycles. The Labute approximate surface area is 170 Å². The summed E-state index contributed by atoms with van der Waals surface area (Å²) in [5.41, 5.74) is -1.22. The van der Waals surface area contributed by atoms with Gasteiger partial charge in [-0.25, -0.2) is 0 Å². The van der Waals surface area contributed by atoms with E-state index < -0.39 is 35.6 Å². The lowest BCUT2D eigenvalue weighted by Gasteiger charge is -2.35. The molecule has 0 radical (unpaired) electrons. The second-order valence-electron chi connectivity index (χ2n) is 8.05. The van der Waals surface area contributed by atoms with Crippen LogP contribution in [0.3, 0.4) is 0 Å². The highest BCUT2D eigenvalue weighted by Crippen LogP contribution is 2.53. The molecule has 4 aliphatic rings. The van der Waals surface area contributed by atoms with E-state index in [-0.39, 0.29) is 31.6 Å². The molecule has 0 aliphatic carbocycles. The lowest BCUT2D eigenvalue weighted by Crippen LogP contribution is -2.55. The van der Waals surface area contributed by atoms with Crippen molar-refractivity contribution in [3.05, 3.63) is 24.3 Å². The zero-order valence-corrected chi connectivity index (χ0v) is 16.7. The van der Waals surface area contributed by atoms with E-state index in [1.165, 1.54) is 4.90 Å². The second-order valence-corrected chi connectivity index (χ2v) is 8.05. The van der Waals surface area contributed by atoms with Crippen molar-refractivity contribution in [2.24, 2.45) is 11.8 Å². The number of cyclic esters (lactones) is 1. The van der Waals surface area contributed by atoms with Crippen LogP contribution < -0.4 is 0 Å². The fourth-order valence-corrected chi connectivity index (χ4v) is 5.12. The first kappa shape index (κ1) is 20.1. The van der Waals surface area contributed by atoms with E-state index >= 15 is 0 Å². The van der Waals surface area contributed by atoms with E-state index in [4.69, 9.17) is 9.47 Å². The minimum absolute atomic E-state index is 0.0236. The van der Waals surface area contributed by atoms with Crippen LogP contribution in [0.25, 0.3) is 0 Å². The Kier molecular flexibility index (Phi) is 5.48. The minimum Gasteiger partial charge on any atom is -0.461 e. The molecule has 1 spiro atoms. The number of unbranched alkanes of at least 4 members (excludes halogenated alkanes) is 2. The summed E-state index contributed by atoms with van der Waals surface area (Å²) in [4.78, 5) is 42.7. The van der Waals surface area contributed by atoms with Crippen molar-refractivity contribution in [2.75, 3.05) is 32.8 Å². The minimum atomic E-state index is -1.22. The molecular formula is C21H28N2O6. The van der Waals surface area contributed by atoms with Crippen LogP contribution in [0.2, 0.25) is 0 Å². The number of amides is 2. The van der Waals surface area contributed by atoms with E-state index in [1.54, 1.807) is 23.1 Å². The van der Waals surface area contributed by atoms with E-state index in [2.05, 4.69) is 6.92 Å². The van der Waals surface area contributed by atoms with E-state index in [0.29, 0.717) is 13.1 Å². The van der Waals surface area contributed by atoms with Gasteiger partial charge in [-0.3, -0.25) is 14.4 Å². The molecule has 2 fully saturated rings. The molecule has 29 heavy (non-hydrogen) atoms. The molecule has 0 aromatic rings. The Morgan fingerprint density at radius 3 is 2.76 bits per heavy atom. The summed E-state index contributed by atoms with van der Waals surface area (Å²) in [5.74, 6) is -2.64. The summed E-state index contributed by atoms with van der Waals surface area (Å²) in [6.07, 6.45) is 9.47. The van der Waals surface area contributed by atoms with Gasteiger partial charge in [-0.15, -0.1) is 0 Å². The zero-order chi connectivity index (χ0) is 20.6. The van der Waals surface area contributed by atoms with Gasteiger partial charge >= 0.3 is 5.97 Å². The number of nitrogens with zero attached hydrogens (tertiary/aromatic N) is 2. The average Bonchev–Trinajstić information content (AvgIpc) is 2.99. The Balaban J connectivity index is 1.73. The lowest BCUT2D eigenvalue weighted by atomic mass is 9.78. The molecule has 2 amide bonds. The average molecular weight is 404 g/mol. The molecule has 4 heterocycles. The van der Waals surface area contributed by atoms with Crippen LogP contribution in [0.4, 0.5) is 0 Å². The van der Waals surface area contributed by atoms with Crippen LogP contribution in [0.1, 0.15) is 26.2 Å². The number of hydrogen-bond donors (Lipinski definition) is 1. The van der Waals surface area contributed by atoms with Gasteiger partial charge < -0.3 is 24.4 Å². The molecule has 4 aliphatic heterocycles. The Morgan fingerprint density at radius 1 is 1.17 bits per heavy atom. The number of ether oxygens (including phenoxy) is 2. The van der Waals surface area contributed by atoms with Crippen molar-refractivity contribution in [2.45, 2.75) is 43.9 Å². The molecular weight excluding hydrogens is 376 g/mol. The highest BCUT2D eigenvalue weighted by atomic mass is 16.6. The van der Waals surface area contributed by atoms with Crippen molar-refractivity contribution in [1.82, 2.24) is 9.80 Å². The summed E-state index contributed by atoms with van der Waals surface area (Å²) >= 11 is 0. The molecule has 0 saturated carbocycles. The normalized spacial score (nSPS) is 35.9. The zero-order valence-electron chi connectivity index (χ0n) is 16.7. The monoisotopic (exact) mass is 404 g/mol. The number of aliphatic hydroxyl groups is 1. The summed E-state index contributed by atoms with van der Waals surface area (Å²) < 4.78 is 11.6. The highest BCUT2D eigenvalue weighted by Gasteiger charge is 2.71. The van der Waals surface area contributed by atoms with Gasteiger partial charge in [0.1, 0.15) is 24.2 Å². The molecule has 0 aromatic heterocycles. The Hall–Kier alpha value is -2.19. The number of esters is 1. The van der Waals surface area contributed by atoms with Crippen molar-refractivity contribution in [3.8, 4) is 0 Å². The number of β-amino-alcohol motifs (C(OH)–C–C–N with tert-alkyl or cyclic N) is 1. The van der Waals surface area contributed by atoms with Gasteiger partial charge in [-0.2, -0.15) is 0 Å². The summed E-state index contributed by atoms with van der Waals surface area (Å²) in [6.45, 7) is 3.04. The Bertz CT molecular complexity index is 749. The third kappa shape index (κ3) is 3.09. The fraction of sp³-hybridized carbons (Fsp3) is 0.667. The smallest absolute Gasteiger partial charge is 0.313 e. The predicted molar refractivity (Wildman–Crippen MR) is 103 cm³/mol. The number of carbonyl (C=O) groups is 3. The van der Waals surface area contributed by atoms with Crippen LogP contribution >= 0.6 is 0 Å². The standard InChI is InChI=1S/C21H28N2O6/c1-2-3-4-9-22-10-6-8-21-16(15-14(29-21)7-5-13-28-20(15)27)18(25)23(11-12-24)17(21)19(22)26/h5-8,14-17,24H,2-4,9-13H2,1H3/t14-,15+,16+,17?,21+/m1/s1. The second kappa shape index (κ2) is 7.91. The molecule has 1 unspecified atom stereocenters. The topological polar surface area (TPSA) is 96.4 Å². The number of carbonyl (C=O) groups excluding carboxylic acids is 3. The van der Waals surface area contributed by atoms with Crippen molar-refractivity contribution in [1.29, 1.82) is 0 Å². The van der Waals surface area contributed by atoms with E-state index in [1.807, 2.05) is 6.08 Å². The maximum Gasteiger partial charge on any atom is 0.313 e. The number of hydrogen-bond acceptors (Lipinski definition) is 6. The summed E-state index contributed by atoms with van der Waals surface area (Å²) in [7, 11) is 0. The van der Waals surface area contributed by atoms with Crippen LogP contribution in [0.5, 0.6) is 0 Å². The first-order valence-corrected chi connectivity index (χ1v) is 10.4. The highest BCUT2D eigenvalue weighted by molar-refractivity contribution is 5.99. The van der Waals surface area contributed by atoms with E-state index in [0.717, 1.165) is 19.3 Å². The fourth-order valence-electron chi connectivity index (χ4n) is 5.12. The number of likely N-dealkylation sites (tertiary alicyclic amines) is 1. The van der Waals surface area contributed by atoms with Gasteiger partial charge in [0.2, 0.25) is 11.8 Å². The molecule has 8 nitrogen and oxygen atoms in total. The van der Waals surface area contributed by atoms with Crippen molar-refractivity contribution < 1.29 is 29.0 Å². The van der Waals surface area contributed by atoms with Gasteiger partial charge in [0.15, 0.2) is 0 Å². The van der Waals surface area contributed by atoms with E-state index in [9.17, 15) is 19.5 Å². The molecule has 0 bridgehead atoms. The molecule has 1 N–H and O–H groups in total. The van der Waals surface area contributed by atoms with Gasteiger partial charge in [0.05, 0.1) is 18.6 Å².